The molecule has 0 atom stereocenters. The Morgan fingerprint density at radius 2 is 1.86 bits per heavy atom. The minimum Gasteiger partial charge on any atom is -0.385 e. The number of benzene rings is 2. The number of rotatable bonds is 5. The Bertz CT molecular complexity index is 1010. The van der Waals surface area contributed by atoms with Crippen LogP contribution in [0.3, 0.4) is 0 Å². The molecule has 0 spiro atoms. The summed E-state index contributed by atoms with van der Waals surface area (Å²) in [6.07, 6.45) is 5.27. The predicted octanol–water partition coefficient (Wildman–Crippen LogP) is 4.27. The van der Waals surface area contributed by atoms with Gasteiger partial charge in [-0.05, 0) is 30.9 Å². The van der Waals surface area contributed by atoms with Crippen LogP contribution in [0.5, 0.6) is 0 Å². The molecule has 1 aliphatic heterocycles. The van der Waals surface area contributed by atoms with Gasteiger partial charge >= 0.3 is 0 Å². The van der Waals surface area contributed by atoms with Crippen LogP contribution in [0.15, 0.2) is 61.1 Å². The fourth-order valence-electron chi connectivity index (χ4n) is 4.03. The predicted molar refractivity (Wildman–Crippen MR) is 114 cm³/mol. The zero-order valence-corrected chi connectivity index (χ0v) is 16.8. The van der Waals surface area contributed by atoms with Crippen molar-refractivity contribution in [2.75, 3.05) is 13.1 Å². The molecule has 1 aromatic heterocycles. The summed E-state index contributed by atoms with van der Waals surface area (Å²) in [5.41, 5.74) is 4.48. The van der Waals surface area contributed by atoms with Gasteiger partial charge in [-0.1, -0.05) is 54.1 Å². The summed E-state index contributed by atoms with van der Waals surface area (Å²) in [5.74, 6) is 0. The van der Waals surface area contributed by atoms with Crippen LogP contribution in [-0.4, -0.2) is 32.6 Å². The highest BCUT2D eigenvalue weighted by molar-refractivity contribution is 5.45. The van der Waals surface area contributed by atoms with Crippen molar-refractivity contribution in [3.05, 3.63) is 94.9 Å². The lowest BCUT2D eigenvalue weighted by atomic mass is 9.84. The van der Waals surface area contributed by atoms with Crippen LogP contribution in [-0.2, 0) is 18.7 Å². The molecule has 2 heterocycles. The lowest BCUT2D eigenvalue weighted by Gasteiger charge is -2.38. The molecule has 0 bridgehead atoms. The molecule has 1 fully saturated rings. The molecule has 1 N–H and O–H groups in total. The summed E-state index contributed by atoms with van der Waals surface area (Å²) >= 11 is 0. The highest BCUT2D eigenvalue weighted by Gasteiger charge is 2.34. The number of hydrogen-bond acceptors (Lipinski definition) is 3. The quantitative estimate of drug-likeness (QED) is 0.666. The molecule has 148 valence electrons. The maximum absolute atomic E-state index is 11.1. The Balaban J connectivity index is 1.39. The molecule has 2 aromatic carbocycles. The largest absolute Gasteiger partial charge is 0.385 e. The van der Waals surface area contributed by atoms with E-state index >= 15 is 0 Å². The van der Waals surface area contributed by atoms with Gasteiger partial charge in [-0.25, -0.2) is 9.83 Å². The zero-order chi connectivity index (χ0) is 20.3. The van der Waals surface area contributed by atoms with Gasteiger partial charge in [0.05, 0.1) is 24.2 Å². The average molecular weight is 386 g/mol. The second-order valence-corrected chi connectivity index (χ2v) is 7.97. The smallest absolute Gasteiger partial charge is 0.187 e. The van der Waals surface area contributed by atoms with Gasteiger partial charge in [-0.15, -0.1) is 0 Å². The molecule has 0 saturated carbocycles. The Hall–Kier alpha value is -2.94. The number of imidazole rings is 1. The lowest BCUT2D eigenvalue weighted by molar-refractivity contribution is -0.0281. The minimum atomic E-state index is -0.729. The van der Waals surface area contributed by atoms with Crippen LogP contribution in [0.4, 0.5) is 5.69 Å². The van der Waals surface area contributed by atoms with E-state index < -0.39 is 5.60 Å². The first-order valence-electron chi connectivity index (χ1n) is 10.0. The molecule has 1 saturated heterocycles. The van der Waals surface area contributed by atoms with E-state index in [1.165, 1.54) is 11.3 Å². The molecule has 0 unspecified atom stereocenters. The monoisotopic (exact) mass is 386 g/mol. The van der Waals surface area contributed by atoms with Crippen LogP contribution in [0.25, 0.3) is 4.85 Å². The van der Waals surface area contributed by atoms with Crippen LogP contribution < -0.4 is 0 Å². The summed E-state index contributed by atoms with van der Waals surface area (Å²) in [4.78, 5) is 10.2. The van der Waals surface area contributed by atoms with Gasteiger partial charge < -0.3 is 9.67 Å². The van der Waals surface area contributed by atoms with Crippen LogP contribution in [0, 0.1) is 13.5 Å². The van der Waals surface area contributed by atoms with Crippen LogP contribution in [0.2, 0.25) is 0 Å². The fraction of sp³-hybridized carbons (Fsp3) is 0.333. The highest BCUT2D eigenvalue weighted by Crippen LogP contribution is 2.33. The van der Waals surface area contributed by atoms with Crippen molar-refractivity contribution in [2.45, 2.75) is 38.5 Å². The van der Waals surface area contributed by atoms with E-state index in [4.69, 9.17) is 6.57 Å². The van der Waals surface area contributed by atoms with Crippen molar-refractivity contribution >= 4 is 5.69 Å². The zero-order valence-electron chi connectivity index (χ0n) is 16.8. The molecule has 4 rings (SSSR count). The second-order valence-electron chi connectivity index (χ2n) is 7.97. The third kappa shape index (κ3) is 4.40. The van der Waals surface area contributed by atoms with Gasteiger partial charge in [0, 0.05) is 32.4 Å². The van der Waals surface area contributed by atoms with Crippen molar-refractivity contribution in [1.29, 1.82) is 0 Å². The molecule has 5 nitrogen and oxygen atoms in total. The molecule has 1 aliphatic rings. The highest BCUT2D eigenvalue weighted by atomic mass is 16.3. The maximum atomic E-state index is 11.1. The van der Waals surface area contributed by atoms with Crippen LogP contribution >= 0.6 is 0 Å². The molecule has 29 heavy (non-hydrogen) atoms. The Morgan fingerprint density at radius 1 is 1.10 bits per heavy atom. The van der Waals surface area contributed by atoms with E-state index in [1.807, 2.05) is 48.9 Å². The standard InChI is InChI=1S/C24H26N4O/c1-19-4-3-5-21(14-19)24(29)10-12-27(13-11-24)17-23-15-26-18-28(23)16-20-6-8-22(25-2)9-7-20/h3-9,14-15,18,29H,10-13,16-17H2,1H3. The van der Waals surface area contributed by atoms with Crippen molar-refractivity contribution in [1.82, 2.24) is 14.5 Å². The van der Waals surface area contributed by atoms with Crippen molar-refractivity contribution in [3.8, 4) is 0 Å². The SMILES string of the molecule is [C-]#[N+]c1ccc(Cn2cncc2CN2CCC(O)(c3cccc(C)c3)CC2)cc1. The maximum Gasteiger partial charge on any atom is 0.187 e. The number of piperidine rings is 1. The van der Waals surface area contributed by atoms with Gasteiger partial charge in [0.1, 0.15) is 0 Å². The number of aliphatic hydroxyl groups is 1. The van der Waals surface area contributed by atoms with Crippen LogP contribution in [0.1, 0.15) is 35.2 Å². The summed E-state index contributed by atoms with van der Waals surface area (Å²) in [6, 6.07) is 15.9. The number of aromatic nitrogens is 2. The summed E-state index contributed by atoms with van der Waals surface area (Å²) in [5, 5.41) is 11.1. The molecular formula is C24H26N4O. The number of aryl methyl sites for hydroxylation is 1. The fourth-order valence-corrected chi connectivity index (χ4v) is 4.03. The minimum absolute atomic E-state index is 0.661. The van der Waals surface area contributed by atoms with Crippen molar-refractivity contribution in [3.63, 3.8) is 0 Å². The van der Waals surface area contributed by atoms with Gasteiger partial charge in [0.2, 0.25) is 0 Å². The number of likely N-dealkylation sites (tertiary alicyclic amines) is 1. The Kier molecular flexibility index (Phi) is 5.48. The van der Waals surface area contributed by atoms with E-state index in [0.717, 1.165) is 50.1 Å². The Labute approximate surface area is 172 Å². The first-order valence-corrected chi connectivity index (χ1v) is 10.0. The molecule has 0 radical (unpaired) electrons. The molecule has 3 aromatic rings. The van der Waals surface area contributed by atoms with Gasteiger partial charge in [-0.2, -0.15) is 0 Å². The normalized spacial score (nSPS) is 16.4. The van der Waals surface area contributed by atoms with E-state index in [-0.39, 0.29) is 0 Å². The van der Waals surface area contributed by atoms with Gasteiger partial charge in [0.25, 0.3) is 0 Å². The molecule has 0 aliphatic carbocycles. The Morgan fingerprint density at radius 3 is 2.55 bits per heavy atom. The molecular weight excluding hydrogens is 360 g/mol. The third-order valence-corrected chi connectivity index (χ3v) is 5.84. The van der Waals surface area contributed by atoms with Gasteiger partial charge in [-0.3, -0.25) is 4.90 Å². The topological polar surface area (TPSA) is 45.7 Å². The van der Waals surface area contributed by atoms with Crippen molar-refractivity contribution < 1.29 is 5.11 Å². The lowest BCUT2D eigenvalue weighted by Crippen LogP contribution is -2.42. The van der Waals surface area contributed by atoms with E-state index in [2.05, 4.69) is 38.4 Å². The number of hydrogen-bond donors (Lipinski definition) is 1. The molecule has 0 amide bonds. The third-order valence-electron chi connectivity index (χ3n) is 5.84. The first-order chi connectivity index (χ1) is 14.1. The summed E-state index contributed by atoms with van der Waals surface area (Å²) in [7, 11) is 0. The average Bonchev–Trinajstić information content (AvgIpc) is 3.17. The second kappa shape index (κ2) is 8.20. The summed E-state index contributed by atoms with van der Waals surface area (Å²) in [6.45, 7) is 12.4. The summed E-state index contributed by atoms with van der Waals surface area (Å²) < 4.78 is 2.16. The van der Waals surface area contributed by atoms with E-state index in [9.17, 15) is 5.11 Å². The van der Waals surface area contributed by atoms with E-state index in [0.29, 0.717) is 5.69 Å². The van der Waals surface area contributed by atoms with Crippen molar-refractivity contribution in [2.24, 2.45) is 0 Å². The number of nitrogens with zero attached hydrogens (tertiary/aromatic N) is 4. The van der Waals surface area contributed by atoms with E-state index in [1.54, 1.807) is 0 Å². The molecule has 5 heteroatoms. The first kappa shape index (κ1) is 19.4. The van der Waals surface area contributed by atoms with Gasteiger partial charge in [0.15, 0.2) is 5.69 Å².